The monoisotopic (exact) mass is 496 g/mol. The van der Waals surface area contributed by atoms with Crippen LogP contribution in [0.4, 0.5) is 0 Å². The molecule has 0 aromatic heterocycles. The molecular weight excluding hydrogens is 468 g/mol. The molecule has 194 valence electrons. The van der Waals surface area contributed by atoms with Gasteiger partial charge in [-0.1, -0.05) is 0 Å². The van der Waals surface area contributed by atoms with Crippen LogP contribution >= 0.6 is 0 Å². The minimum absolute atomic E-state index is 0.622. The van der Waals surface area contributed by atoms with Gasteiger partial charge >= 0.3 is 23.9 Å². The molecule has 4 N–H and O–H groups in total. The van der Waals surface area contributed by atoms with E-state index in [4.69, 9.17) is 28.4 Å². The van der Waals surface area contributed by atoms with Crippen molar-refractivity contribution in [3.8, 4) is 0 Å². The summed E-state index contributed by atoms with van der Waals surface area (Å²) in [7, 11) is 1.02. The van der Waals surface area contributed by atoms with Crippen molar-refractivity contribution in [1.82, 2.24) is 0 Å². The summed E-state index contributed by atoms with van der Waals surface area (Å²) in [5.41, 5.74) is 0. The molecule has 2 heterocycles. The lowest BCUT2D eigenvalue weighted by Crippen LogP contribution is -2.64. The van der Waals surface area contributed by atoms with Gasteiger partial charge in [0.15, 0.2) is 37.0 Å². The summed E-state index contributed by atoms with van der Waals surface area (Å²) in [4.78, 5) is 47.5. The molecule has 0 bridgehead atoms. The maximum absolute atomic E-state index is 12.3. The average molecular weight is 496 g/mol. The summed E-state index contributed by atoms with van der Waals surface area (Å²) in [6, 6.07) is 0. The molecule has 0 radical (unpaired) electrons. The molecule has 2 saturated heterocycles. The zero-order chi connectivity index (χ0) is 25.7. The number of aliphatic hydroxyl groups excluding tert-OH is 4. The molecule has 34 heavy (non-hydrogen) atoms. The minimum atomic E-state index is -1.85. The van der Waals surface area contributed by atoms with Crippen molar-refractivity contribution in [1.29, 1.82) is 0 Å². The predicted molar refractivity (Wildman–Crippen MR) is 102 cm³/mol. The van der Waals surface area contributed by atoms with Gasteiger partial charge < -0.3 is 53.6 Å². The summed E-state index contributed by atoms with van der Waals surface area (Å²) < 4.78 is 36.1. The maximum atomic E-state index is 12.3. The average Bonchev–Trinajstić information content (AvgIpc) is 2.75. The molecule has 0 aromatic carbocycles. The lowest BCUT2D eigenvalue weighted by atomic mass is 9.97. The van der Waals surface area contributed by atoms with E-state index in [1.165, 1.54) is 0 Å². The molecule has 0 saturated carbocycles. The number of rotatable bonds is 7. The maximum Gasteiger partial charge on any atom is 0.339 e. The number of hydrogen-bond donors (Lipinski definition) is 4. The molecule has 2 fully saturated rings. The molecule has 0 aromatic rings. The van der Waals surface area contributed by atoms with Crippen LogP contribution in [-0.2, 0) is 52.3 Å². The van der Waals surface area contributed by atoms with Crippen molar-refractivity contribution >= 4 is 23.9 Å². The van der Waals surface area contributed by atoms with Crippen LogP contribution in [0.2, 0.25) is 0 Å². The minimum Gasteiger partial charge on any atom is -0.467 e. The number of methoxy groups -OCH3 is 1. The van der Waals surface area contributed by atoms with Crippen molar-refractivity contribution in [2.45, 2.75) is 82.2 Å². The van der Waals surface area contributed by atoms with Crippen LogP contribution in [-0.4, -0.2) is 119 Å². The van der Waals surface area contributed by atoms with E-state index in [1.54, 1.807) is 0 Å². The van der Waals surface area contributed by atoms with E-state index in [0.29, 0.717) is 0 Å². The van der Waals surface area contributed by atoms with Gasteiger partial charge in [0, 0.05) is 20.8 Å². The van der Waals surface area contributed by atoms with Gasteiger partial charge in [-0.15, -0.1) is 0 Å². The van der Waals surface area contributed by atoms with Crippen LogP contribution in [0.5, 0.6) is 0 Å². The van der Waals surface area contributed by atoms with Gasteiger partial charge in [0.1, 0.15) is 24.4 Å². The van der Waals surface area contributed by atoms with Gasteiger partial charge in [-0.05, 0) is 0 Å². The van der Waals surface area contributed by atoms with Crippen LogP contribution in [0.1, 0.15) is 20.8 Å². The highest BCUT2D eigenvalue weighted by Crippen LogP contribution is 2.31. The van der Waals surface area contributed by atoms with Gasteiger partial charge in [0.05, 0.1) is 13.7 Å². The van der Waals surface area contributed by atoms with E-state index >= 15 is 0 Å². The fraction of sp³-hybridized carbons (Fsp3) is 0.789. The fourth-order valence-electron chi connectivity index (χ4n) is 3.47. The Balaban J connectivity index is 2.35. The Labute approximate surface area is 193 Å². The Morgan fingerprint density at radius 2 is 1.26 bits per heavy atom. The first-order valence-corrected chi connectivity index (χ1v) is 10.1. The second-order valence-electron chi connectivity index (χ2n) is 7.54. The number of carbonyl (C=O) groups is 4. The van der Waals surface area contributed by atoms with Gasteiger partial charge in [0.2, 0.25) is 0 Å². The largest absolute Gasteiger partial charge is 0.467 e. The first-order chi connectivity index (χ1) is 15.9. The second-order valence-corrected chi connectivity index (χ2v) is 7.54. The molecule has 15 nitrogen and oxygen atoms in total. The Bertz CT molecular complexity index is 756. The molecule has 15 heteroatoms. The van der Waals surface area contributed by atoms with Crippen LogP contribution in [0.25, 0.3) is 0 Å². The third-order valence-electron chi connectivity index (χ3n) is 4.95. The van der Waals surface area contributed by atoms with E-state index in [2.05, 4.69) is 4.74 Å². The van der Waals surface area contributed by atoms with Crippen molar-refractivity contribution in [3.63, 3.8) is 0 Å². The molecule has 1 unspecified atom stereocenters. The lowest BCUT2D eigenvalue weighted by Gasteiger charge is -2.44. The number of aliphatic hydroxyl groups is 4. The quantitative estimate of drug-likeness (QED) is 0.199. The van der Waals surface area contributed by atoms with Crippen LogP contribution in [0.3, 0.4) is 0 Å². The molecule has 2 aliphatic heterocycles. The molecular formula is C19H28O15. The molecule has 0 spiro atoms. The first kappa shape index (κ1) is 27.8. The molecule has 2 rings (SSSR count). The van der Waals surface area contributed by atoms with Crippen molar-refractivity contribution in [3.05, 3.63) is 0 Å². The SMILES string of the molecule is COC(=O)[C@H]1O[C@@H](OC[C@H]2OC(O)[C@H](O)[C@@H](O)[C@H]2O)[C@H](OC(C)=O)[C@@H](OC(C)=O)[C@@H]1OC(C)=O. The van der Waals surface area contributed by atoms with Crippen molar-refractivity contribution in [2.24, 2.45) is 0 Å². The summed E-state index contributed by atoms with van der Waals surface area (Å²) in [5, 5.41) is 39.2. The number of ether oxygens (including phenoxy) is 7. The van der Waals surface area contributed by atoms with Gasteiger partial charge in [0.25, 0.3) is 0 Å². The third kappa shape index (κ3) is 6.59. The molecule has 2 aliphatic rings. The molecule has 0 amide bonds. The Morgan fingerprint density at radius 3 is 1.79 bits per heavy atom. The van der Waals surface area contributed by atoms with E-state index in [1.807, 2.05) is 0 Å². The zero-order valence-electron chi connectivity index (χ0n) is 18.8. The van der Waals surface area contributed by atoms with Gasteiger partial charge in [-0.25, -0.2) is 4.79 Å². The lowest BCUT2D eigenvalue weighted by molar-refractivity contribution is -0.324. The number of carbonyl (C=O) groups excluding carboxylic acids is 4. The van der Waals surface area contributed by atoms with E-state index in [9.17, 15) is 39.6 Å². The Morgan fingerprint density at radius 1 is 0.735 bits per heavy atom. The van der Waals surface area contributed by atoms with Gasteiger partial charge in [-0.3, -0.25) is 14.4 Å². The van der Waals surface area contributed by atoms with Crippen LogP contribution in [0, 0.1) is 0 Å². The summed E-state index contributed by atoms with van der Waals surface area (Å²) >= 11 is 0. The predicted octanol–water partition coefficient (Wildman–Crippen LogP) is -3.50. The van der Waals surface area contributed by atoms with Crippen molar-refractivity contribution in [2.75, 3.05) is 13.7 Å². The van der Waals surface area contributed by atoms with Crippen LogP contribution in [0.15, 0.2) is 0 Å². The first-order valence-electron chi connectivity index (χ1n) is 10.1. The molecule has 0 aliphatic carbocycles. The highest BCUT2D eigenvalue weighted by molar-refractivity contribution is 5.77. The van der Waals surface area contributed by atoms with E-state index in [0.717, 1.165) is 27.9 Å². The van der Waals surface area contributed by atoms with Crippen LogP contribution < -0.4 is 0 Å². The third-order valence-corrected chi connectivity index (χ3v) is 4.95. The Hall–Kier alpha value is -2.40. The van der Waals surface area contributed by atoms with Gasteiger partial charge in [-0.2, -0.15) is 0 Å². The number of hydrogen-bond acceptors (Lipinski definition) is 15. The van der Waals surface area contributed by atoms with E-state index < -0.39 is 91.9 Å². The number of esters is 4. The fourth-order valence-corrected chi connectivity index (χ4v) is 3.47. The summed E-state index contributed by atoms with van der Waals surface area (Å²) in [6.45, 7) is 2.45. The topological polar surface area (TPSA) is 214 Å². The van der Waals surface area contributed by atoms with Crippen molar-refractivity contribution < 1.29 is 72.8 Å². The summed E-state index contributed by atoms with van der Waals surface area (Å²) in [5.74, 6) is -3.67. The standard InChI is InChI=1S/C19H28O15/c1-6(20)30-13-14(31-7(2)21)16(32-8(3)22)19(34-15(13)18(27)28-4)29-5-9-10(23)11(24)12(25)17(26)33-9/h9-17,19,23-26H,5H2,1-4H3/t9-,10+,11+,12-,13+,14+,15+,16-,17?,19-/m1/s1. The summed E-state index contributed by atoms with van der Waals surface area (Å²) in [6.07, 6.45) is -16.6. The molecule has 10 atom stereocenters. The van der Waals surface area contributed by atoms with E-state index in [-0.39, 0.29) is 0 Å². The smallest absolute Gasteiger partial charge is 0.339 e. The second kappa shape index (κ2) is 11.8. The normalized spacial score (nSPS) is 37.9. The highest BCUT2D eigenvalue weighted by Gasteiger charge is 2.55. The Kier molecular flexibility index (Phi) is 9.69. The highest BCUT2D eigenvalue weighted by atomic mass is 16.7. The zero-order valence-corrected chi connectivity index (χ0v) is 18.8.